The van der Waals surface area contributed by atoms with Crippen molar-refractivity contribution in [3.63, 3.8) is 0 Å². The van der Waals surface area contributed by atoms with E-state index >= 15 is 0 Å². The summed E-state index contributed by atoms with van der Waals surface area (Å²) in [5.74, 6) is 1.50. The molecule has 5 heteroatoms. The van der Waals surface area contributed by atoms with Gasteiger partial charge in [-0.05, 0) is 79.2 Å². The zero-order valence-electron chi connectivity index (χ0n) is 16.3. The summed E-state index contributed by atoms with van der Waals surface area (Å²) in [6.45, 7) is 0.847. The molecule has 6 atom stereocenters. The minimum Gasteiger partial charge on any atom is -0.393 e. The van der Waals surface area contributed by atoms with Crippen LogP contribution in [0.4, 0.5) is 4.39 Å². The van der Waals surface area contributed by atoms with Gasteiger partial charge in [-0.25, -0.2) is 4.39 Å². The first-order chi connectivity index (χ1) is 13.4. The first kappa shape index (κ1) is 18.6. The summed E-state index contributed by atoms with van der Waals surface area (Å²) in [5.41, 5.74) is 0.467. The van der Waals surface area contributed by atoms with E-state index in [2.05, 4.69) is 0 Å². The third-order valence-electron chi connectivity index (χ3n) is 8.32. The number of rotatable bonds is 4. The number of carbonyl (C=O) groups excluding carboxylic acids is 1. The maximum absolute atomic E-state index is 14.6. The number of aliphatic hydroxyl groups excluding tert-OH is 2. The van der Waals surface area contributed by atoms with Crippen LogP contribution in [0.5, 0.6) is 0 Å². The molecule has 1 aromatic carbocycles. The highest BCUT2D eigenvalue weighted by Gasteiger charge is 2.56. The number of likely N-dealkylation sites (tertiary alicyclic amines) is 1. The standard InChI is InChI=1S/C23H30FNO3/c24-20-4-2-1-3-15(20)10-23(11-21(27)25-12-18(26)13-25)6-5-14-7-16-8-17(22(14)28)9-19(16)23/h1-4,14,16-19,22,26,28H,5-13H2. The Hall–Kier alpha value is -1.46. The molecule has 4 aliphatic rings. The molecule has 3 saturated carbocycles. The van der Waals surface area contributed by atoms with Crippen molar-refractivity contribution in [2.24, 2.45) is 29.1 Å². The molecule has 1 aliphatic heterocycles. The van der Waals surface area contributed by atoms with Gasteiger partial charge in [-0.3, -0.25) is 4.79 Å². The Morgan fingerprint density at radius 2 is 1.86 bits per heavy atom. The number of hydrogen-bond donors (Lipinski definition) is 2. The fraction of sp³-hybridized carbons (Fsp3) is 0.696. The van der Waals surface area contributed by atoms with Crippen LogP contribution in [0.2, 0.25) is 0 Å². The topological polar surface area (TPSA) is 60.8 Å². The smallest absolute Gasteiger partial charge is 0.223 e. The molecule has 0 aromatic heterocycles. The molecule has 0 radical (unpaired) electrons. The second-order valence-electron chi connectivity index (χ2n) is 9.88. The molecule has 4 nitrogen and oxygen atoms in total. The van der Waals surface area contributed by atoms with E-state index in [0.29, 0.717) is 55.2 Å². The van der Waals surface area contributed by atoms with Gasteiger partial charge in [0.05, 0.1) is 12.2 Å². The lowest BCUT2D eigenvalue weighted by Crippen LogP contribution is -2.55. The quantitative estimate of drug-likeness (QED) is 0.835. The van der Waals surface area contributed by atoms with Crippen molar-refractivity contribution in [3.05, 3.63) is 35.6 Å². The van der Waals surface area contributed by atoms with Crippen molar-refractivity contribution >= 4 is 5.91 Å². The Kier molecular flexibility index (Phi) is 4.51. The second-order valence-corrected chi connectivity index (χ2v) is 9.88. The molecular weight excluding hydrogens is 357 g/mol. The van der Waals surface area contributed by atoms with Gasteiger partial charge in [-0.1, -0.05) is 18.2 Å². The van der Waals surface area contributed by atoms with E-state index in [-0.39, 0.29) is 23.2 Å². The van der Waals surface area contributed by atoms with E-state index in [9.17, 15) is 19.4 Å². The number of β-amino-alcohol motifs (C(OH)–C–C–N with tert-alkyl or cyclic N) is 1. The van der Waals surface area contributed by atoms with Crippen LogP contribution in [0.1, 0.15) is 44.1 Å². The number of carbonyl (C=O) groups is 1. The highest BCUT2D eigenvalue weighted by atomic mass is 19.1. The van der Waals surface area contributed by atoms with Crippen molar-refractivity contribution in [2.75, 3.05) is 13.1 Å². The van der Waals surface area contributed by atoms with Crippen LogP contribution < -0.4 is 0 Å². The summed E-state index contributed by atoms with van der Waals surface area (Å²) < 4.78 is 14.6. The van der Waals surface area contributed by atoms with Gasteiger partial charge in [0.15, 0.2) is 0 Å². The fourth-order valence-electron chi connectivity index (χ4n) is 6.91. The van der Waals surface area contributed by atoms with Gasteiger partial charge in [-0.15, -0.1) is 0 Å². The van der Waals surface area contributed by atoms with Crippen molar-refractivity contribution in [1.82, 2.24) is 4.90 Å². The zero-order chi connectivity index (χ0) is 19.5. The van der Waals surface area contributed by atoms with Crippen molar-refractivity contribution in [3.8, 4) is 0 Å². The molecule has 4 fully saturated rings. The Balaban J connectivity index is 1.48. The number of hydrogen-bond acceptors (Lipinski definition) is 3. The van der Waals surface area contributed by atoms with Crippen LogP contribution in [0.3, 0.4) is 0 Å². The highest BCUT2D eigenvalue weighted by molar-refractivity contribution is 5.78. The number of nitrogens with zero attached hydrogens (tertiary/aromatic N) is 1. The largest absolute Gasteiger partial charge is 0.393 e. The maximum atomic E-state index is 14.6. The van der Waals surface area contributed by atoms with Crippen molar-refractivity contribution in [2.45, 2.75) is 57.2 Å². The third kappa shape index (κ3) is 2.98. The van der Waals surface area contributed by atoms with E-state index in [0.717, 1.165) is 32.1 Å². The molecule has 2 N–H and O–H groups in total. The number of fused-ring (bicyclic) bond motifs is 2. The van der Waals surface area contributed by atoms with Gasteiger partial charge in [0, 0.05) is 19.5 Å². The highest BCUT2D eigenvalue weighted by Crippen LogP contribution is 2.61. The van der Waals surface area contributed by atoms with Gasteiger partial charge in [0.25, 0.3) is 0 Å². The third-order valence-corrected chi connectivity index (χ3v) is 8.32. The van der Waals surface area contributed by atoms with E-state index in [1.165, 1.54) is 6.07 Å². The van der Waals surface area contributed by atoms with Crippen LogP contribution in [0, 0.1) is 34.9 Å². The predicted molar refractivity (Wildman–Crippen MR) is 103 cm³/mol. The molecule has 3 bridgehead atoms. The van der Waals surface area contributed by atoms with Gasteiger partial charge in [0.2, 0.25) is 5.91 Å². The summed E-state index contributed by atoms with van der Waals surface area (Å²) >= 11 is 0. The van der Waals surface area contributed by atoms with E-state index in [1.54, 1.807) is 11.0 Å². The molecule has 6 unspecified atom stereocenters. The van der Waals surface area contributed by atoms with Crippen LogP contribution in [-0.2, 0) is 11.2 Å². The predicted octanol–water partition coefficient (Wildman–Crippen LogP) is 2.76. The van der Waals surface area contributed by atoms with Crippen molar-refractivity contribution < 1.29 is 19.4 Å². The molecule has 5 rings (SSSR count). The Labute approximate surface area is 165 Å². The Morgan fingerprint density at radius 3 is 2.61 bits per heavy atom. The fourth-order valence-corrected chi connectivity index (χ4v) is 6.91. The molecule has 28 heavy (non-hydrogen) atoms. The molecule has 1 saturated heterocycles. The molecule has 1 aromatic rings. The number of aliphatic hydroxyl groups is 2. The summed E-state index contributed by atoms with van der Waals surface area (Å²) in [7, 11) is 0. The monoisotopic (exact) mass is 387 g/mol. The summed E-state index contributed by atoms with van der Waals surface area (Å²) in [5, 5.41) is 20.3. The number of amides is 1. The average molecular weight is 387 g/mol. The summed E-state index contributed by atoms with van der Waals surface area (Å²) in [4.78, 5) is 14.8. The van der Waals surface area contributed by atoms with E-state index in [1.807, 2.05) is 12.1 Å². The van der Waals surface area contributed by atoms with Gasteiger partial charge in [0.1, 0.15) is 5.82 Å². The van der Waals surface area contributed by atoms with Crippen LogP contribution in [-0.4, -0.2) is 46.3 Å². The first-order valence-electron chi connectivity index (χ1n) is 10.8. The number of benzene rings is 1. The summed E-state index contributed by atoms with van der Waals surface area (Å²) in [6.07, 6.45) is 5.30. The second kappa shape index (κ2) is 6.81. The van der Waals surface area contributed by atoms with Crippen molar-refractivity contribution in [1.29, 1.82) is 0 Å². The van der Waals surface area contributed by atoms with E-state index in [4.69, 9.17) is 0 Å². The lowest BCUT2D eigenvalue weighted by molar-refractivity contribution is -0.145. The molecule has 1 heterocycles. The molecule has 152 valence electrons. The minimum atomic E-state index is -0.400. The van der Waals surface area contributed by atoms with Crippen LogP contribution >= 0.6 is 0 Å². The minimum absolute atomic E-state index is 0.100. The Morgan fingerprint density at radius 1 is 1.11 bits per heavy atom. The molecule has 3 aliphatic carbocycles. The van der Waals surface area contributed by atoms with Gasteiger partial charge >= 0.3 is 0 Å². The van der Waals surface area contributed by atoms with E-state index < -0.39 is 6.10 Å². The SMILES string of the molecule is O=C(CC1(Cc2ccccc2F)CCC2CC3CC(CC31)C2O)N1CC(O)C1. The lowest BCUT2D eigenvalue weighted by Gasteiger charge is -2.44. The Bertz CT molecular complexity index is 764. The van der Waals surface area contributed by atoms with Gasteiger partial charge in [-0.2, -0.15) is 0 Å². The normalized spacial score (nSPS) is 39.7. The van der Waals surface area contributed by atoms with Crippen LogP contribution in [0.15, 0.2) is 24.3 Å². The number of halogens is 1. The molecule has 0 spiro atoms. The maximum Gasteiger partial charge on any atom is 0.223 e. The molecule has 1 amide bonds. The lowest BCUT2D eigenvalue weighted by atomic mass is 9.63. The van der Waals surface area contributed by atoms with Gasteiger partial charge < -0.3 is 15.1 Å². The average Bonchev–Trinajstić information content (AvgIpc) is 2.97. The zero-order valence-corrected chi connectivity index (χ0v) is 16.3. The first-order valence-corrected chi connectivity index (χ1v) is 10.8. The molecular formula is C23H30FNO3. The van der Waals surface area contributed by atoms with Crippen LogP contribution in [0.25, 0.3) is 0 Å². The summed E-state index contributed by atoms with van der Waals surface area (Å²) in [6, 6.07) is 6.97.